The molecule has 11 nitrogen and oxygen atoms in total. The van der Waals surface area contributed by atoms with Gasteiger partial charge in [-0.3, -0.25) is 4.90 Å². The van der Waals surface area contributed by atoms with Gasteiger partial charge >= 0.3 is 23.9 Å². The topological polar surface area (TPSA) is 136 Å². The predicted octanol–water partition coefficient (Wildman–Crippen LogP) is 1.63. The van der Waals surface area contributed by atoms with Crippen molar-refractivity contribution in [1.29, 1.82) is 0 Å². The van der Waals surface area contributed by atoms with Crippen LogP contribution in [0.4, 0.5) is 10.5 Å². The molecule has 3 aliphatic heterocycles. The quantitative estimate of drug-likeness (QED) is 0.474. The molecule has 0 unspecified atom stereocenters. The summed E-state index contributed by atoms with van der Waals surface area (Å²) >= 11 is 0. The number of hydrogen-bond acceptors (Lipinski definition) is 9. The lowest BCUT2D eigenvalue weighted by atomic mass is 9.69. The molecule has 3 heterocycles. The van der Waals surface area contributed by atoms with Gasteiger partial charge < -0.3 is 24.8 Å². The number of nitrogens with one attached hydrogen (secondary N) is 2. The molecular formula is C25H28N4O7. The third-order valence-corrected chi connectivity index (χ3v) is 7.57. The summed E-state index contributed by atoms with van der Waals surface area (Å²) in [6.07, 6.45) is 3.79. The lowest BCUT2D eigenvalue weighted by Crippen LogP contribution is -2.55. The van der Waals surface area contributed by atoms with Gasteiger partial charge in [0.15, 0.2) is 5.70 Å². The normalized spacial score (nSPS) is 26.3. The van der Waals surface area contributed by atoms with E-state index in [0.29, 0.717) is 5.69 Å². The van der Waals surface area contributed by atoms with Crippen LogP contribution in [0.15, 0.2) is 40.5 Å². The van der Waals surface area contributed by atoms with Crippen molar-refractivity contribution in [2.24, 2.45) is 4.99 Å². The van der Waals surface area contributed by atoms with Crippen LogP contribution >= 0.6 is 0 Å². The highest BCUT2D eigenvalue weighted by Gasteiger charge is 2.66. The van der Waals surface area contributed by atoms with Crippen molar-refractivity contribution < 1.29 is 33.4 Å². The lowest BCUT2D eigenvalue weighted by molar-refractivity contribution is -0.144. The van der Waals surface area contributed by atoms with Crippen LogP contribution in [-0.4, -0.2) is 74.1 Å². The number of rotatable bonds is 4. The summed E-state index contributed by atoms with van der Waals surface area (Å²) < 4.78 is 15.0. The monoisotopic (exact) mass is 496 g/mol. The van der Waals surface area contributed by atoms with E-state index in [2.05, 4.69) is 15.6 Å². The van der Waals surface area contributed by atoms with E-state index >= 15 is 0 Å². The molecular weight excluding hydrogens is 468 g/mol. The van der Waals surface area contributed by atoms with Gasteiger partial charge in [0.2, 0.25) is 0 Å². The van der Waals surface area contributed by atoms with Crippen LogP contribution < -0.4 is 10.6 Å². The molecule has 1 aromatic carbocycles. The maximum atomic E-state index is 13.7. The van der Waals surface area contributed by atoms with Gasteiger partial charge in [-0.2, -0.15) is 0 Å². The summed E-state index contributed by atoms with van der Waals surface area (Å²) in [6.45, 7) is 0. The minimum atomic E-state index is -1.11. The molecule has 2 fully saturated rings. The largest absolute Gasteiger partial charge is 0.467 e. The Bertz CT molecular complexity index is 1200. The highest BCUT2D eigenvalue weighted by atomic mass is 16.5. The predicted molar refractivity (Wildman–Crippen MR) is 127 cm³/mol. The molecule has 11 heteroatoms. The Morgan fingerprint density at radius 1 is 1.03 bits per heavy atom. The fourth-order valence-electron chi connectivity index (χ4n) is 5.99. The molecule has 4 aliphatic rings. The number of amidine groups is 1. The molecule has 0 bridgehead atoms. The van der Waals surface area contributed by atoms with Crippen molar-refractivity contribution in [3.63, 3.8) is 0 Å². The number of fused-ring (bicyclic) bond motifs is 1. The Labute approximate surface area is 207 Å². The SMILES string of the molecule is COC(=O)C1=C(C(=O)OC)[C@@H]2Nc3ccccc3[C@@]23C[C@@H](C(=O)OC)N(C(=O)NC2CCCC2)C3=N1. The number of anilines is 1. The number of hydrogen-bond donors (Lipinski definition) is 2. The number of carbonyl (C=O) groups is 4. The van der Waals surface area contributed by atoms with Crippen LogP contribution in [-0.2, 0) is 34.0 Å². The standard InChI is InChI=1S/C25H28N4O7/c1-34-20(30)16-12-25-14-10-6-7-11-15(14)27-19(25)17(21(31)35-2)18(22(32)36-3)28-23(25)29(16)24(33)26-13-8-4-5-9-13/h6-7,10-11,13,16,19,27H,4-5,8-9,12H2,1-3H3,(H,26,33)/t16-,19-,25-/m0/s1. The van der Waals surface area contributed by atoms with E-state index in [4.69, 9.17) is 14.2 Å². The molecule has 3 atom stereocenters. The molecule has 1 spiro atoms. The smallest absolute Gasteiger partial charge is 0.357 e. The van der Waals surface area contributed by atoms with Crippen LogP contribution in [0.5, 0.6) is 0 Å². The fraction of sp³-hybridized carbons (Fsp3) is 0.480. The number of aliphatic imine (C=N–C) groups is 1. The van der Waals surface area contributed by atoms with Gasteiger partial charge in [-0.05, 0) is 30.9 Å². The first-order valence-electron chi connectivity index (χ1n) is 11.9. The van der Waals surface area contributed by atoms with E-state index in [9.17, 15) is 19.2 Å². The zero-order valence-corrected chi connectivity index (χ0v) is 20.3. The van der Waals surface area contributed by atoms with Crippen molar-refractivity contribution in [2.75, 3.05) is 26.6 Å². The summed E-state index contributed by atoms with van der Waals surface area (Å²) in [6, 6.07) is 4.98. The number of ether oxygens (including phenoxy) is 3. The second kappa shape index (κ2) is 8.96. The average molecular weight is 497 g/mol. The van der Waals surface area contributed by atoms with Crippen LogP contribution in [0.3, 0.4) is 0 Å². The fourth-order valence-corrected chi connectivity index (χ4v) is 5.99. The molecule has 0 radical (unpaired) electrons. The summed E-state index contributed by atoms with van der Waals surface area (Å²) in [4.78, 5) is 58.4. The molecule has 2 amide bonds. The minimum Gasteiger partial charge on any atom is -0.467 e. The van der Waals surface area contributed by atoms with E-state index < -0.39 is 41.4 Å². The molecule has 5 rings (SSSR count). The van der Waals surface area contributed by atoms with Gasteiger partial charge in [-0.1, -0.05) is 31.0 Å². The second-order valence-corrected chi connectivity index (χ2v) is 9.32. The number of carbonyl (C=O) groups excluding carboxylic acids is 4. The number of likely N-dealkylation sites (tertiary alicyclic amines) is 1. The highest BCUT2D eigenvalue weighted by Crippen LogP contribution is 2.55. The van der Waals surface area contributed by atoms with Crippen molar-refractivity contribution in [3.05, 3.63) is 41.1 Å². The molecule has 190 valence electrons. The summed E-state index contributed by atoms with van der Waals surface area (Å²) in [5.74, 6) is -2.05. The van der Waals surface area contributed by atoms with Crippen LogP contribution in [0, 0.1) is 0 Å². The molecule has 1 saturated carbocycles. The molecule has 2 N–H and O–H groups in total. The number of amides is 2. The Hall–Kier alpha value is -3.89. The summed E-state index contributed by atoms with van der Waals surface area (Å²) in [5, 5.41) is 6.35. The number of methoxy groups -OCH3 is 3. The zero-order valence-electron chi connectivity index (χ0n) is 20.3. The Morgan fingerprint density at radius 3 is 2.39 bits per heavy atom. The number of para-hydroxylation sites is 1. The summed E-state index contributed by atoms with van der Waals surface area (Å²) in [7, 11) is 3.65. The number of esters is 3. The maximum absolute atomic E-state index is 13.7. The Balaban J connectivity index is 1.73. The first kappa shape index (κ1) is 23.8. The molecule has 1 aliphatic carbocycles. The van der Waals surface area contributed by atoms with Gasteiger partial charge in [0, 0.05) is 11.7 Å². The van der Waals surface area contributed by atoms with E-state index in [1.165, 1.54) is 26.2 Å². The van der Waals surface area contributed by atoms with Gasteiger partial charge in [-0.25, -0.2) is 24.2 Å². The van der Waals surface area contributed by atoms with Crippen molar-refractivity contribution in [2.45, 2.75) is 55.6 Å². The number of nitrogens with zero attached hydrogens (tertiary/aromatic N) is 2. The highest BCUT2D eigenvalue weighted by molar-refractivity contribution is 6.17. The van der Waals surface area contributed by atoms with Gasteiger partial charge in [0.25, 0.3) is 0 Å². The number of urea groups is 1. The van der Waals surface area contributed by atoms with E-state index in [1.807, 2.05) is 24.3 Å². The zero-order chi connectivity index (χ0) is 25.6. The molecule has 0 aromatic heterocycles. The van der Waals surface area contributed by atoms with Crippen LogP contribution in [0.25, 0.3) is 0 Å². The number of benzene rings is 1. The van der Waals surface area contributed by atoms with Gasteiger partial charge in [0.1, 0.15) is 11.9 Å². The summed E-state index contributed by atoms with van der Waals surface area (Å²) in [5.41, 5.74) is 0.0488. The van der Waals surface area contributed by atoms with Crippen LogP contribution in [0.2, 0.25) is 0 Å². The first-order chi connectivity index (χ1) is 17.4. The lowest BCUT2D eigenvalue weighted by Gasteiger charge is -2.37. The average Bonchev–Trinajstić information content (AvgIpc) is 3.61. The molecule has 1 aromatic rings. The Kier molecular flexibility index (Phi) is 5.93. The van der Waals surface area contributed by atoms with Crippen LogP contribution in [0.1, 0.15) is 37.7 Å². The van der Waals surface area contributed by atoms with Crippen molar-refractivity contribution >= 4 is 35.5 Å². The first-order valence-corrected chi connectivity index (χ1v) is 11.9. The van der Waals surface area contributed by atoms with Gasteiger partial charge in [0.05, 0.1) is 38.4 Å². The van der Waals surface area contributed by atoms with E-state index in [1.54, 1.807) is 0 Å². The minimum absolute atomic E-state index is 0.0223. The van der Waals surface area contributed by atoms with E-state index in [0.717, 1.165) is 31.2 Å². The van der Waals surface area contributed by atoms with Crippen molar-refractivity contribution in [3.8, 4) is 0 Å². The molecule has 36 heavy (non-hydrogen) atoms. The third-order valence-electron chi connectivity index (χ3n) is 7.57. The Morgan fingerprint density at radius 2 is 1.72 bits per heavy atom. The van der Waals surface area contributed by atoms with Crippen molar-refractivity contribution in [1.82, 2.24) is 10.2 Å². The van der Waals surface area contributed by atoms with Gasteiger partial charge in [-0.15, -0.1) is 0 Å². The maximum Gasteiger partial charge on any atom is 0.357 e. The second-order valence-electron chi connectivity index (χ2n) is 9.32. The van der Waals surface area contributed by atoms with E-state index in [-0.39, 0.29) is 29.6 Å². The third kappa shape index (κ3) is 3.36. The molecule has 1 saturated heterocycles.